The zero-order chi connectivity index (χ0) is 22.9. The van der Waals surface area contributed by atoms with E-state index in [4.69, 9.17) is 0 Å². The number of piperidine rings is 1. The molecule has 0 bridgehead atoms. The Bertz CT molecular complexity index is 705. The maximum Gasteiger partial charge on any atom is 0.0771 e. The van der Waals surface area contributed by atoms with Gasteiger partial charge >= 0.3 is 0 Å². The maximum atomic E-state index is 10.8. The number of nitrogens with zero attached hydrogens (tertiary/aromatic N) is 1. The molecule has 0 aromatic rings. The van der Waals surface area contributed by atoms with Crippen LogP contribution in [0.5, 0.6) is 0 Å². The van der Waals surface area contributed by atoms with E-state index in [-0.39, 0.29) is 0 Å². The molecule has 32 heavy (non-hydrogen) atoms. The Hall–Kier alpha value is -0.680. The Kier molecular flexibility index (Phi) is 7.56. The fraction of sp³-hybridized carbons (Fsp3) is 0.857. The van der Waals surface area contributed by atoms with Gasteiger partial charge in [-0.05, 0) is 100 Å². The van der Waals surface area contributed by atoms with Crippen LogP contribution < -0.4 is 0 Å². The molecule has 0 aromatic heterocycles. The number of β-amino-alcohol motifs (C(OH)–C–C–N with tert-alkyl or cyclic N) is 1. The Morgan fingerprint density at radius 3 is 2.56 bits per heavy atom. The van der Waals surface area contributed by atoms with Gasteiger partial charge in [0.2, 0.25) is 0 Å². The van der Waals surface area contributed by atoms with Gasteiger partial charge in [0, 0.05) is 13.1 Å². The average molecular weight is 446 g/mol. The molecule has 3 N–H and O–H groups in total. The van der Waals surface area contributed by atoms with Crippen molar-refractivity contribution < 1.29 is 15.3 Å². The van der Waals surface area contributed by atoms with E-state index in [1.807, 2.05) is 0 Å². The minimum Gasteiger partial charge on any atom is -0.393 e. The number of aliphatic hydroxyl groups excluding tert-OH is 2. The van der Waals surface area contributed by atoms with Gasteiger partial charge in [0.15, 0.2) is 0 Å². The fourth-order valence-corrected chi connectivity index (χ4v) is 7.93. The van der Waals surface area contributed by atoms with Crippen molar-refractivity contribution in [1.82, 2.24) is 4.90 Å². The van der Waals surface area contributed by atoms with Gasteiger partial charge < -0.3 is 20.2 Å². The molecule has 4 nitrogen and oxygen atoms in total. The first-order chi connectivity index (χ1) is 15.2. The van der Waals surface area contributed by atoms with Gasteiger partial charge in [0.25, 0.3) is 0 Å². The van der Waals surface area contributed by atoms with Gasteiger partial charge in [-0.3, -0.25) is 0 Å². The molecule has 7 atom stereocenters. The third-order valence-corrected chi connectivity index (χ3v) is 9.64. The van der Waals surface area contributed by atoms with E-state index >= 15 is 0 Å². The highest BCUT2D eigenvalue weighted by atomic mass is 16.3. The van der Waals surface area contributed by atoms with Crippen LogP contribution in [-0.4, -0.2) is 57.7 Å². The zero-order valence-corrected chi connectivity index (χ0v) is 20.7. The van der Waals surface area contributed by atoms with Crippen molar-refractivity contribution in [3.8, 4) is 0 Å². The molecule has 0 radical (unpaired) electrons. The van der Waals surface area contributed by atoms with Gasteiger partial charge in [-0.1, -0.05) is 44.1 Å². The Morgan fingerprint density at radius 2 is 1.84 bits per heavy atom. The van der Waals surface area contributed by atoms with Crippen molar-refractivity contribution in [3.05, 3.63) is 23.3 Å². The molecule has 4 rings (SSSR count). The van der Waals surface area contributed by atoms with Crippen LogP contribution in [0.4, 0.5) is 0 Å². The van der Waals surface area contributed by atoms with E-state index in [0.717, 1.165) is 44.8 Å². The van der Waals surface area contributed by atoms with Gasteiger partial charge in [-0.25, -0.2) is 0 Å². The quantitative estimate of drug-likeness (QED) is 0.567. The summed E-state index contributed by atoms with van der Waals surface area (Å²) in [6.45, 7) is 10.2. The standard InChI is InChI=1S/C28H47NO3/c1-4-28(32)13-6-14-29(19-28)18-20(2)25-10-11-26-22(7-5-12-27(25,26)3)9-8-21-15-23(30)17-24(31)16-21/h8-9,20,23-26,30-32H,4-7,10-19H2,1-3H3/b22-9+/t20-,23-,24-,25-,26+,27-,28?/m1/s1. The number of hydrogen-bond donors (Lipinski definition) is 3. The minimum absolute atomic E-state index is 0.379. The molecule has 1 saturated heterocycles. The topological polar surface area (TPSA) is 63.9 Å². The molecule has 3 saturated carbocycles. The summed E-state index contributed by atoms with van der Waals surface area (Å²) in [5.74, 6) is 2.08. The molecule has 4 aliphatic rings. The molecular formula is C28H47NO3. The van der Waals surface area contributed by atoms with E-state index in [2.05, 4.69) is 37.8 Å². The number of aliphatic hydroxyl groups is 3. The number of rotatable bonds is 5. The highest BCUT2D eigenvalue weighted by Crippen LogP contribution is 2.59. The summed E-state index contributed by atoms with van der Waals surface area (Å²) in [6, 6.07) is 0. The van der Waals surface area contributed by atoms with Crippen molar-refractivity contribution >= 4 is 0 Å². The molecular weight excluding hydrogens is 398 g/mol. The first kappa shape index (κ1) is 24.4. The molecule has 4 heteroatoms. The van der Waals surface area contributed by atoms with E-state index in [1.54, 1.807) is 5.57 Å². The van der Waals surface area contributed by atoms with E-state index in [9.17, 15) is 15.3 Å². The molecule has 1 unspecified atom stereocenters. The minimum atomic E-state index is -0.478. The second kappa shape index (κ2) is 9.90. The molecule has 4 fully saturated rings. The third kappa shape index (κ3) is 5.19. The van der Waals surface area contributed by atoms with Crippen molar-refractivity contribution in [3.63, 3.8) is 0 Å². The number of likely N-dealkylation sites (tertiary alicyclic amines) is 1. The number of allylic oxidation sites excluding steroid dienone is 3. The zero-order valence-electron chi connectivity index (χ0n) is 20.7. The maximum absolute atomic E-state index is 10.8. The second-order valence-electron chi connectivity index (χ2n) is 12.0. The van der Waals surface area contributed by atoms with Gasteiger partial charge in [-0.15, -0.1) is 0 Å². The number of hydrogen-bond acceptors (Lipinski definition) is 4. The Morgan fingerprint density at radius 1 is 1.09 bits per heavy atom. The van der Waals surface area contributed by atoms with Crippen molar-refractivity contribution in [2.45, 2.75) is 109 Å². The lowest BCUT2D eigenvalue weighted by Crippen LogP contribution is -2.50. The van der Waals surface area contributed by atoms with E-state index < -0.39 is 17.8 Å². The van der Waals surface area contributed by atoms with Crippen LogP contribution in [0, 0.1) is 23.2 Å². The summed E-state index contributed by atoms with van der Waals surface area (Å²) in [7, 11) is 0. The lowest BCUT2D eigenvalue weighted by molar-refractivity contribution is -0.0420. The monoisotopic (exact) mass is 445 g/mol. The van der Waals surface area contributed by atoms with Crippen molar-refractivity contribution in [1.29, 1.82) is 0 Å². The molecule has 182 valence electrons. The van der Waals surface area contributed by atoms with E-state index in [1.165, 1.54) is 37.7 Å². The molecule has 0 amide bonds. The first-order valence-corrected chi connectivity index (χ1v) is 13.4. The Labute approximate surface area is 195 Å². The predicted molar refractivity (Wildman–Crippen MR) is 130 cm³/mol. The lowest BCUT2D eigenvalue weighted by Gasteiger charge is -2.46. The smallest absolute Gasteiger partial charge is 0.0771 e. The first-order valence-electron chi connectivity index (χ1n) is 13.4. The molecule has 0 spiro atoms. The van der Waals surface area contributed by atoms with Gasteiger partial charge in [0.05, 0.1) is 17.8 Å². The summed E-state index contributed by atoms with van der Waals surface area (Å²) in [5, 5.41) is 30.8. The SMILES string of the molecule is CCC1(O)CCCN(C[C@@H](C)[C@H]2CC[C@H]3/C(=C/C=C4C[C@@H](O)C[C@H](O)C4)CCC[C@]23C)C1. The summed E-state index contributed by atoms with van der Waals surface area (Å²) in [5.41, 5.74) is 2.71. The molecule has 1 aliphatic heterocycles. The van der Waals surface area contributed by atoms with Crippen LogP contribution in [0.3, 0.4) is 0 Å². The van der Waals surface area contributed by atoms with Crippen LogP contribution in [0.1, 0.15) is 91.4 Å². The van der Waals surface area contributed by atoms with Crippen molar-refractivity contribution in [2.24, 2.45) is 23.2 Å². The van der Waals surface area contributed by atoms with Crippen LogP contribution in [0.25, 0.3) is 0 Å². The molecule has 1 heterocycles. The largest absolute Gasteiger partial charge is 0.393 e. The van der Waals surface area contributed by atoms with Crippen LogP contribution in [0.15, 0.2) is 23.3 Å². The van der Waals surface area contributed by atoms with Crippen LogP contribution in [0.2, 0.25) is 0 Å². The summed E-state index contributed by atoms with van der Waals surface area (Å²) in [6.07, 6.45) is 15.1. The predicted octanol–water partition coefficient (Wildman–Crippen LogP) is 4.83. The summed E-state index contributed by atoms with van der Waals surface area (Å²) < 4.78 is 0. The normalized spacial score (nSPS) is 43.3. The molecule has 0 aromatic carbocycles. The van der Waals surface area contributed by atoms with Crippen LogP contribution in [-0.2, 0) is 0 Å². The van der Waals surface area contributed by atoms with Gasteiger partial charge in [-0.2, -0.15) is 0 Å². The van der Waals surface area contributed by atoms with Crippen LogP contribution >= 0.6 is 0 Å². The van der Waals surface area contributed by atoms with Gasteiger partial charge in [0.1, 0.15) is 0 Å². The summed E-state index contributed by atoms with van der Waals surface area (Å²) >= 11 is 0. The Balaban J connectivity index is 1.43. The third-order valence-electron chi connectivity index (χ3n) is 9.64. The average Bonchev–Trinajstić information content (AvgIpc) is 3.09. The van der Waals surface area contributed by atoms with E-state index in [0.29, 0.717) is 36.5 Å². The lowest BCUT2D eigenvalue weighted by atomic mass is 9.61. The van der Waals surface area contributed by atoms with Crippen molar-refractivity contribution in [2.75, 3.05) is 19.6 Å². The second-order valence-corrected chi connectivity index (χ2v) is 12.0. The highest BCUT2D eigenvalue weighted by Gasteiger charge is 2.51. The highest BCUT2D eigenvalue weighted by molar-refractivity contribution is 5.26. The fourth-order valence-electron chi connectivity index (χ4n) is 7.93. The summed E-state index contributed by atoms with van der Waals surface area (Å²) in [4.78, 5) is 2.54. The number of fused-ring (bicyclic) bond motifs is 1. The molecule has 3 aliphatic carbocycles.